The van der Waals surface area contributed by atoms with Crippen LogP contribution in [-0.2, 0) is 9.53 Å². The summed E-state index contributed by atoms with van der Waals surface area (Å²) >= 11 is 0. The lowest BCUT2D eigenvalue weighted by atomic mass is 10.2. The van der Waals surface area contributed by atoms with Gasteiger partial charge in [-0.2, -0.15) is 0 Å². The summed E-state index contributed by atoms with van der Waals surface area (Å²) in [5, 5.41) is 2.67. The molecule has 3 nitrogen and oxygen atoms in total. The molecule has 0 saturated carbocycles. The maximum Gasteiger partial charge on any atom is 0.218 e. The summed E-state index contributed by atoms with van der Waals surface area (Å²) < 4.78 is 5.37. The summed E-state index contributed by atoms with van der Waals surface area (Å²) in [6, 6.07) is 0. The Balaban J connectivity index is 3.17. The number of carbonyl (C=O) groups excluding carboxylic acids is 1. The van der Waals surface area contributed by atoms with Gasteiger partial charge in [0.1, 0.15) is 6.23 Å². The lowest BCUT2D eigenvalue weighted by molar-refractivity contribution is -0.122. The molecule has 3 heteroatoms. The predicted octanol–water partition coefficient (Wildman–Crippen LogP) is 2.07. The molecule has 0 rings (SSSR count). The Labute approximate surface area is 80.8 Å². The highest BCUT2D eigenvalue weighted by Gasteiger charge is 2.01. The SMILES string of the molecule is CCCCCCOC(C)NC(C)=O. The predicted molar refractivity (Wildman–Crippen MR) is 53.4 cm³/mol. The Morgan fingerprint density at radius 3 is 2.62 bits per heavy atom. The zero-order valence-corrected chi connectivity index (χ0v) is 8.93. The van der Waals surface area contributed by atoms with E-state index in [0.717, 1.165) is 13.0 Å². The number of nitrogens with one attached hydrogen (secondary N) is 1. The van der Waals surface area contributed by atoms with Crippen LogP contribution in [0.3, 0.4) is 0 Å². The fourth-order valence-corrected chi connectivity index (χ4v) is 1.12. The molecule has 0 fully saturated rings. The number of carbonyl (C=O) groups is 1. The van der Waals surface area contributed by atoms with Gasteiger partial charge < -0.3 is 10.1 Å². The maximum atomic E-state index is 10.6. The van der Waals surface area contributed by atoms with E-state index in [1.165, 1.54) is 26.2 Å². The van der Waals surface area contributed by atoms with Crippen LogP contribution in [-0.4, -0.2) is 18.7 Å². The molecule has 0 aromatic heterocycles. The number of amides is 1. The molecule has 0 aliphatic heterocycles. The highest BCUT2D eigenvalue weighted by atomic mass is 16.5. The summed E-state index contributed by atoms with van der Waals surface area (Å²) in [4.78, 5) is 10.6. The first-order valence-electron chi connectivity index (χ1n) is 5.05. The molecule has 78 valence electrons. The molecule has 1 unspecified atom stereocenters. The van der Waals surface area contributed by atoms with Gasteiger partial charge in [0.25, 0.3) is 0 Å². The number of ether oxygens (including phenoxy) is 1. The normalized spacial score (nSPS) is 12.5. The molecule has 0 radical (unpaired) electrons. The largest absolute Gasteiger partial charge is 0.359 e. The van der Waals surface area contributed by atoms with Crippen molar-refractivity contribution in [2.24, 2.45) is 0 Å². The lowest BCUT2D eigenvalue weighted by Crippen LogP contribution is -2.32. The molecule has 0 aromatic rings. The Bertz CT molecular complexity index is 137. The second-order valence-electron chi connectivity index (χ2n) is 3.27. The van der Waals surface area contributed by atoms with Crippen molar-refractivity contribution in [2.45, 2.75) is 52.7 Å². The number of hydrogen-bond donors (Lipinski definition) is 1. The van der Waals surface area contributed by atoms with Gasteiger partial charge >= 0.3 is 0 Å². The van der Waals surface area contributed by atoms with Crippen LogP contribution in [0.1, 0.15) is 46.5 Å². The van der Waals surface area contributed by atoms with Crippen molar-refractivity contribution in [3.8, 4) is 0 Å². The van der Waals surface area contributed by atoms with E-state index < -0.39 is 0 Å². The Morgan fingerprint density at radius 2 is 2.08 bits per heavy atom. The van der Waals surface area contributed by atoms with E-state index in [4.69, 9.17) is 4.74 Å². The van der Waals surface area contributed by atoms with Gasteiger partial charge in [0.05, 0.1) is 0 Å². The Kier molecular flexibility index (Phi) is 7.69. The minimum Gasteiger partial charge on any atom is -0.359 e. The smallest absolute Gasteiger partial charge is 0.218 e. The molecule has 0 spiro atoms. The molecule has 0 heterocycles. The quantitative estimate of drug-likeness (QED) is 0.489. The summed E-state index contributed by atoms with van der Waals surface area (Å²) in [7, 11) is 0. The van der Waals surface area contributed by atoms with E-state index in [0.29, 0.717) is 0 Å². The summed E-state index contributed by atoms with van der Waals surface area (Å²) in [6.45, 7) is 6.26. The van der Waals surface area contributed by atoms with Crippen LogP contribution < -0.4 is 5.32 Å². The first-order valence-corrected chi connectivity index (χ1v) is 5.05. The average molecular weight is 187 g/mol. The average Bonchev–Trinajstić information content (AvgIpc) is 2.02. The molecule has 0 aliphatic rings. The van der Waals surface area contributed by atoms with Crippen LogP contribution in [0.15, 0.2) is 0 Å². The van der Waals surface area contributed by atoms with Crippen molar-refractivity contribution in [3.05, 3.63) is 0 Å². The zero-order chi connectivity index (χ0) is 10.1. The molecule has 0 aromatic carbocycles. The molecular formula is C10H21NO2. The monoisotopic (exact) mass is 187 g/mol. The first-order chi connectivity index (χ1) is 6.16. The van der Waals surface area contributed by atoms with Crippen molar-refractivity contribution in [1.82, 2.24) is 5.32 Å². The van der Waals surface area contributed by atoms with Gasteiger partial charge in [0.2, 0.25) is 5.91 Å². The Morgan fingerprint density at radius 1 is 1.38 bits per heavy atom. The van der Waals surface area contributed by atoms with Gasteiger partial charge in [0.15, 0.2) is 0 Å². The molecular weight excluding hydrogens is 166 g/mol. The van der Waals surface area contributed by atoms with Crippen LogP contribution in [0.5, 0.6) is 0 Å². The van der Waals surface area contributed by atoms with E-state index in [1.54, 1.807) is 0 Å². The van der Waals surface area contributed by atoms with Gasteiger partial charge in [-0.15, -0.1) is 0 Å². The van der Waals surface area contributed by atoms with E-state index in [2.05, 4.69) is 12.2 Å². The minimum atomic E-state index is -0.154. The van der Waals surface area contributed by atoms with Crippen LogP contribution in [0.2, 0.25) is 0 Å². The highest BCUT2D eigenvalue weighted by molar-refractivity contribution is 5.72. The summed E-state index contributed by atoms with van der Waals surface area (Å²) in [5.74, 6) is -0.0407. The minimum absolute atomic E-state index is 0.0407. The van der Waals surface area contributed by atoms with Gasteiger partial charge in [-0.3, -0.25) is 4.79 Å². The summed E-state index contributed by atoms with van der Waals surface area (Å²) in [5.41, 5.74) is 0. The van der Waals surface area contributed by atoms with Crippen LogP contribution >= 0.6 is 0 Å². The van der Waals surface area contributed by atoms with Crippen LogP contribution in [0.4, 0.5) is 0 Å². The van der Waals surface area contributed by atoms with E-state index in [1.807, 2.05) is 6.92 Å². The van der Waals surface area contributed by atoms with Crippen molar-refractivity contribution >= 4 is 5.91 Å². The fraction of sp³-hybridized carbons (Fsp3) is 0.900. The molecule has 1 N–H and O–H groups in total. The van der Waals surface area contributed by atoms with E-state index in [-0.39, 0.29) is 12.1 Å². The van der Waals surface area contributed by atoms with Gasteiger partial charge in [-0.1, -0.05) is 26.2 Å². The van der Waals surface area contributed by atoms with Gasteiger partial charge in [-0.25, -0.2) is 0 Å². The molecule has 0 bridgehead atoms. The first kappa shape index (κ1) is 12.4. The molecule has 1 amide bonds. The molecule has 1 atom stereocenters. The van der Waals surface area contributed by atoms with Crippen molar-refractivity contribution < 1.29 is 9.53 Å². The highest BCUT2D eigenvalue weighted by Crippen LogP contribution is 1.99. The molecule has 0 saturated heterocycles. The Hall–Kier alpha value is -0.570. The van der Waals surface area contributed by atoms with E-state index in [9.17, 15) is 4.79 Å². The van der Waals surface area contributed by atoms with E-state index >= 15 is 0 Å². The van der Waals surface area contributed by atoms with Crippen LogP contribution in [0, 0.1) is 0 Å². The third-order valence-electron chi connectivity index (χ3n) is 1.77. The standard InChI is InChI=1S/C10H21NO2/c1-4-5-6-7-8-13-10(3)11-9(2)12/h10H,4-8H2,1-3H3,(H,11,12). The molecule has 0 aliphatic carbocycles. The van der Waals surface area contributed by atoms with Gasteiger partial charge in [0, 0.05) is 13.5 Å². The topological polar surface area (TPSA) is 38.3 Å². The van der Waals surface area contributed by atoms with Crippen molar-refractivity contribution in [2.75, 3.05) is 6.61 Å². The fourth-order valence-electron chi connectivity index (χ4n) is 1.12. The zero-order valence-electron chi connectivity index (χ0n) is 8.93. The summed E-state index contributed by atoms with van der Waals surface area (Å²) in [6.07, 6.45) is 4.64. The van der Waals surface area contributed by atoms with Crippen molar-refractivity contribution in [1.29, 1.82) is 0 Å². The number of rotatable bonds is 7. The van der Waals surface area contributed by atoms with Crippen LogP contribution in [0.25, 0.3) is 0 Å². The number of unbranched alkanes of at least 4 members (excludes halogenated alkanes) is 3. The molecule has 13 heavy (non-hydrogen) atoms. The number of hydrogen-bond acceptors (Lipinski definition) is 2. The van der Waals surface area contributed by atoms with Crippen molar-refractivity contribution in [3.63, 3.8) is 0 Å². The van der Waals surface area contributed by atoms with Gasteiger partial charge in [-0.05, 0) is 13.3 Å². The maximum absolute atomic E-state index is 10.6. The lowest BCUT2D eigenvalue weighted by Gasteiger charge is -2.13. The third-order valence-corrected chi connectivity index (χ3v) is 1.77. The second-order valence-corrected chi connectivity index (χ2v) is 3.27. The second kappa shape index (κ2) is 8.05. The third kappa shape index (κ3) is 9.34.